The molecule has 0 saturated carbocycles. The van der Waals surface area contributed by atoms with Crippen molar-refractivity contribution in [3.8, 4) is 0 Å². The molecule has 1 unspecified atom stereocenters. The van der Waals surface area contributed by atoms with Crippen molar-refractivity contribution in [1.29, 1.82) is 0 Å². The zero-order valence-electron chi connectivity index (χ0n) is 11.0. The van der Waals surface area contributed by atoms with E-state index in [2.05, 4.69) is 27.3 Å². The lowest BCUT2D eigenvalue weighted by Crippen LogP contribution is -2.17. The summed E-state index contributed by atoms with van der Waals surface area (Å²) in [6.07, 6.45) is 2.97. The van der Waals surface area contributed by atoms with Gasteiger partial charge in [-0.2, -0.15) is 0 Å². The SMILES string of the molecule is Cc1ccc(F)c(NC2CCCc3sc(Br)cc32)c1F. The average Bonchev–Trinajstić information content (AvgIpc) is 2.80. The Hall–Kier alpha value is -0.940. The first-order valence-corrected chi connectivity index (χ1v) is 8.16. The van der Waals surface area contributed by atoms with Crippen LogP contribution in [0.15, 0.2) is 22.0 Å². The number of hydrogen-bond acceptors (Lipinski definition) is 2. The number of nitrogens with one attached hydrogen (secondary N) is 1. The van der Waals surface area contributed by atoms with E-state index in [0.29, 0.717) is 5.56 Å². The van der Waals surface area contributed by atoms with Gasteiger partial charge in [0.2, 0.25) is 0 Å². The Kier molecular flexibility index (Phi) is 3.82. The minimum absolute atomic E-state index is 0.00910. The largest absolute Gasteiger partial charge is 0.373 e. The van der Waals surface area contributed by atoms with Crippen molar-refractivity contribution in [1.82, 2.24) is 0 Å². The predicted octanol–water partition coefficient (Wildman–Crippen LogP) is 5.59. The molecule has 20 heavy (non-hydrogen) atoms. The van der Waals surface area contributed by atoms with Crippen LogP contribution in [0, 0.1) is 18.6 Å². The molecule has 5 heteroatoms. The number of halogens is 3. The van der Waals surface area contributed by atoms with Crippen molar-refractivity contribution in [2.75, 3.05) is 5.32 Å². The van der Waals surface area contributed by atoms with Crippen LogP contribution in [0.5, 0.6) is 0 Å². The van der Waals surface area contributed by atoms with E-state index in [9.17, 15) is 8.78 Å². The summed E-state index contributed by atoms with van der Waals surface area (Å²) in [6, 6.07) is 4.81. The smallest absolute Gasteiger partial charge is 0.152 e. The van der Waals surface area contributed by atoms with E-state index >= 15 is 0 Å². The zero-order valence-corrected chi connectivity index (χ0v) is 13.4. The van der Waals surface area contributed by atoms with Crippen molar-refractivity contribution in [2.24, 2.45) is 0 Å². The maximum absolute atomic E-state index is 14.1. The van der Waals surface area contributed by atoms with Gasteiger partial charge in [0.05, 0.1) is 9.83 Å². The molecule has 0 saturated heterocycles. The third-order valence-electron chi connectivity index (χ3n) is 3.69. The summed E-state index contributed by atoms with van der Waals surface area (Å²) in [6.45, 7) is 1.65. The second-order valence-electron chi connectivity index (χ2n) is 5.07. The van der Waals surface area contributed by atoms with Crippen molar-refractivity contribution < 1.29 is 8.78 Å². The summed E-state index contributed by atoms with van der Waals surface area (Å²) in [4.78, 5) is 1.30. The molecule has 1 aliphatic rings. The van der Waals surface area contributed by atoms with Crippen LogP contribution in [0.4, 0.5) is 14.5 Å². The molecule has 1 heterocycles. The molecule has 1 aromatic carbocycles. The molecule has 1 aromatic heterocycles. The number of thiophene rings is 1. The van der Waals surface area contributed by atoms with E-state index in [-0.39, 0.29) is 11.7 Å². The van der Waals surface area contributed by atoms with Gasteiger partial charge in [-0.3, -0.25) is 0 Å². The molecule has 3 rings (SSSR count). The minimum Gasteiger partial charge on any atom is -0.373 e. The summed E-state index contributed by atoms with van der Waals surface area (Å²) in [5, 5.41) is 3.06. The van der Waals surface area contributed by atoms with Crippen LogP contribution in [0.25, 0.3) is 0 Å². The quantitative estimate of drug-likeness (QED) is 0.738. The van der Waals surface area contributed by atoms with Crippen molar-refractivity contribution in [3.05, 3.63) is 49.6 Å². The Bertz CT molecular complexity index is 654. The Balaban J connectivity index is 1.95. The molecule has 2 aromatic rings. The fourth-order valence-electron chi connectivity index (χ4n) is 2.63. The van der Waals surface area contributed by atoms with Crippen LogP contribution >= 0.6 is 27.3 Å². The van der Waals surface area contributed by atoms with Crippen LogP contribution in [0.3, 0.4) is 0 Å². The van der Waals surface area contributed by atoms with E-state index in [1.165, 1.54) is 17.0 Å². The zero-order chi connectivity index (χ0) is 14.3. The predicted molar refractivity (Wildman–Crippen MR) is 82.4 cm³/mol. The van der Waals surface area contributed by atoms with Crippen LogP contribution in [-0.4, -0.2) is 0 Å². The number of anilines is 1. The van der Waals surface area contributed by atoms with Gasteiger partial charge in [0.1, 0.15) is 11.5 Å². The van der Waals surface area contributed by atoms with E-state index in [4.69, 9.17) is 0 Å². The summed E-state index contributed by atoms with van der Waals surface area (Å²) in [7, 11) is 0. The average molecular weight is 358 g/mol. The van der Waals surface area contributed by atoms with Gasteiger partial charge in [-0.1, -0.05) is 6.07 Å². The molecule has 0 aliphatic heterocycles. The third kappa shape index (κ3) is 2.49. The van der Waals surface area contributed by atoms with Gasteiger partial charge in [0.15, 0.2) is 5.82 Å². The van der Waals surface area contributed by atoms with E-state index in [1.54, 1.807) is 18.3 Å². The van der Waals surface area contributed by atoms with Gasteiger partial charge < -0.3 is 5.32 Å². The van der Waals surface area contributed by atoms with Crippen molar-refractivity contribution in [3.63, 3.8) is 0 Å². The topological polar surface area (TPSA) is 12.0 Å². The van der Waals surface area contributed by atoms with Crippen LogP contribution in [-0.2, 0) is 6.42 Å². The van der Waals surface area contributed by atoms with E-state index in [0.717, 1.165) is 28.6 Å². The lowest BCUT2D eigenvalue weighted by Gasteiger charge is -2.25. The number of rotatable bonds is 2. The highest BCUT2D eigenvalue weighted by Crippen LogP contribution is 2.40. The normalized spacial score (nSPS) is 17.9. The first-order chi connectivity index (χ1) is 9.56. The Morgan fingerprint density at radius 2 is 2.15 bits per heavy atom. The van der Waals surface area contributed by atoms with E-state index in [1.807, 2.05) is 0 Å². The fourth-order valence-corrected chi connectivity index (χ4v) is 4.45. The van der Waals surface area contributed by atoms with Gasteiger partial charge >= 0.3 is 0 Å². The second-order valence-corrected chi connectivity index (χ2v) is 7.59. The number of benzene rings is 1. The van der Waals surface area contributed by atoms with Gasteiger partial charge in [-0.05, 0) is 65.4 Å². The maximum Gasteiger partial charge on any atom is 0.152 e. The highest BCUT2D eigenvalue weighted by Gasteiger charge is 2.24. The van der Waals surface area contributed by atoms with Crippen molar-refractivity contribution >= 4 is 33.0 Å². The summed E-state index contributed by atoms with van der Waals surface area (Å²) in [5.41, 5.74) is 1.61. The molecule has 0 fully saturated rings. The molecule has 1 atom stereocenters. The highest BCUT2D eigenvalue weighted by molar-refractivity contribution is 9.11. The second kappa shape index (κ2) is 5.45. The lowest BCUT2D eigenvalue weighted by atomic mass is 9.93. The maximum atomic E-state index is 14.1. The summed E-state index contributed by atoms with van der Waals surface area (Å²) >= 11 is 5.19. The fraction of sp³-hybridized carbons (Fsp3) is 0.333. The number of aryl methyl sites for hydroxylation is 2. The Morgan fingerprint density at radius 1 is 1.35 bits per heavy atom. The standard InChI is InChI=1S/C15H14BrF2NS/c1-8-5-6-10(17)15(14(8)18)19-11-3-2-4-12-9(11)7-13(16)20-12/h5-7,11,19H,2-4H2,1H3. The molecule has 0 spiro atoms. The number of hydrogen-bond donors (Lipinski definition) is 1. The molecule has 0 bridgehead atoms. The summed E-state index contributed by atoms with van der Waals surface area (Å²) < 4.78 is 29.0. The van der Waals surface area contributed by atoms with Crippen LogP contribution in [0.1, 0.15) is 34.9 Å². The molecule has 1 aliphatic carbocycles. The van der Waals surface area contributed by atoms with Crippen LogP contribution in [0.2, 0.25) is 0 Å². The molecule has 1 N–H and O–H groups in total. The Labute approximate surface area is 129 Å². The summed E-state index contributed by atoms with van der Waals surface area (Å²) in [5.74, 6) is -1.03. The lowest BCUT2D eigenvalue weighted by molar-refractivity contribution is 0.561. The van der Waals surface area contributed by atoms with Gasteiger partial charge in [-0.15, -0.1) is 11.3 Å². The highest BCUT2D eigenvalue weighted by atomic mass is 79.9. The molecular formula is C15H14BrF2NS. The first-order valence-electron chi connectivity index (χ1n) is 6.55. The first kappa shape index (κ1) is 14.0. The molecule has 0 amide bonds. The molecule has 106 valence electrons. The van der Waals surface area contributed by atoms with Gasteiger partial charge in [0.25, 0.3) is 0 Å². The van der Waals surface area contributed by atoms with Crippen molar-refractivity contribution in [2.45, 2.75) is 32.2 Å². The third-order valence-corrected chi connectivity index (χ3v) is 5.40. The Morgan fingerprint density at radius 3 is 2.95 bits per heavy atom. The molecule has 1 nitrogen and oxygen atoms in total. The minimum atomic E-state index is -0.533. The monoisotopic (exact) mass is 357 g/mol. The van der Waals surface area contributed by atoms with Crippen LogP contribution < -0.4 is 5.32 Å². The molecule has 0 radical (unpaired) electrons. The number of fused-ring (bicyclic) bond motifs is 1. The van der Waals surface area contributed by atoms with Gasteiger partial charge in [0, 0.05) is 4.88 Å². The van der Waals surface area contributed by atoms with E-state index < -0.39 is 11.6 Å². The molecular weight excluding hydrogens is 344 g/mol. The van der Waals surface area contributed by atoms with Gasteiger partial charge in [-0.25, -0.2) is 8.78 Å².